The monoisotopic (exact) mass is 281 g/mol. The van der Waals surface area contributed by atoms with Crippen molar-refractivity contribution in [2.24, 2.45) is 0 Å². The number of rotatable bonds is 2. The maximum atomic E-state index is 13.2. The molecular weight excluding hydrogens is 265 g/mol. The Morgan fingerprint density at radius 2 is 1.90 bits per heavy atom. The molecule has 0 spiro atoms. The van der Waals surface area contributed by atoms with Crippen LogP contribution < -0.4 is 5.73 Å². The number of benzene rings is 2. The Balaban J connectivity index is 2.09. The number of nitrogen functional groups attached to an aromatic ring is 1. The van der Waals surface area contributed by atoms with E-state index in [-0.39, 0.29) is 5.82 Å². The van der Waals surface area contributed by atoms with Gasteiger partial charge < -0.3 is 5.73 Å². The number of hydrogen-bond acceptors (Lipinski definition) is 2. The maximum absolute atomic E-state index is 13.2. The van der Waals surface area contributed by atoms with Crippen LogP contribution in [0.25, 0.3) is 16.9 Å². The summed E-state index contributed by atoms with van der Waals surface area (Å²) in [5, 5.41) is 4.55. The molecule has 1 heterocycles. The van der Waals surface area contributed by atoms with Crippen LogP contribution in [0.3, 0.4) is 0 Å². The molecular formula is C17H16FN3. The first kappa shape index (κ1) is 13.4. The lowest BCUT2D eigenvalue weighted by Gasteiger charge is -2.05. The van der Waals surface area contributed by atoms with Gasteiger partial charge in [-0.1, -0.05) is 23.8 Å². The molecule has 3 rings (SSSR count). The molecule has 0 amide bonds. The maximum Gasteiger partial charge on any atom is 0.123 e. The molecule has 106 valence electrons. The second-order valence-corrected chi connectivity index (χ2v) is 5.18. The van der Waals surface area contributed by atoms with Gasteiger partial charge in [0.15, 0.2) is 0 Å². The van der Waals surface area contributed by atoms with Crippen molar-refractivity contribution in [3.8, 4) is 16.9 Å². The largest absolute Gasteiger partial charge is 0.396 e. The van der Waals surface area contributed by atoms with Gasteiger partial charge in [-0.2, -0.15) is 5.10 Å². The highest BCUT2D eigenvalue weighted by molar-refractivity contribution is 5.73. The van der Waals surface area contributed by atoms with E-state index in [0.717, 1.165) is 28.1 Å². The molecule has 0 aliphatic heterocycles. The molecule has 0 bridgehead atoms. The van der Waals surface area contributed by atoms with Crippen LogP contribution in [-0.4, -0.2) is 9.78 Å². The van der Waals surface area contributed by atoms with Crippen molar-refractivity contribution in [1.82, 2.24) is 9.78 Å². The van der Waals surface area contributed by atoms with Gasteiger partial charge in [0.05, 0.1) is 17.6 Å². The first-order valence-corrected chi connectivity index (χ1v) is 6.73. The van der Waals surface area contributed by atoms with E-state index in [1.807, 2.05) is 38.1 Å². The Hall–Kier alpha value is -2.62. The Morgan fingerprint density at radius 3 is 2.62 bits per heavy atom. The summed E-state index contributed by atoms with van der Waals surface area (Å²) in [6.45, 7) is 3.88. The summed E-state index contributed by atoms with van der Waals surface area (Å²) < 4.78 is 14.9. The molecule has 0 radical (unpaired) electrons. The van der Waals surface area contributed by atoms with E-state index in [1.54, 1.807) is 16.9 Å². The summed E-state index contributed by atoms with van der Waals surface area (Å²) in [7, 11) is 0. The van der Waals surface area contributed by atoms with Gasteiger partial charge in [-0.15, -0.1) is 0 Å². The fraction of sp³-hybridized carbons (Fsp3) is 0.118. The highest BCUT2D eigenvalue weighted by atomic mass is 19.1. The average molecular weight is 281 g/mol. The van der Waals surface area contributed by atoms with Crippen molar-refractivity contribution in [1.29, 1.82) is 0 Å². The third kappa shape index (κ3) is 2.52. The molecule has 3 aromatic rings. The van der Waals surface area contributed by atoms with Crippen molar-refractivity contribution in [2.75, 3.05) is 5.73 Å². The predicted octanol–water partition coefficient (Wildman–Crippen LogP) is 3.88. The van der Waals surface area contributed by atoms with Gasteiger partial charge in [0, 0.05) is 5.56 Å². The SMILES string of the molecule is Cc1cccc(-c2nn(-c3ccc(F)cc3C)cc2N)c1. The predicted molar refractivity (Wildman–Crippen MR) is 82.8 cm³/mol. The van der Waals surface area contributed by atoms with Crippen LogP contribution in [0.1, 0.15) is 11.1 Å². The summed E-state index contributed by atoms with van der Waals surface area (Å²) >= 11 is 0. The number of aryl methyl sites for hydroxylation is 2. The zero-order valence-corrected chi connectivity index (χ0v) is 12.0. The molecule has 3 nitrogen and oxygen atoms in total. The zero-order valence-electron chi connectivity index (χ0n) is 12.0. The Bertz CT molecular complexity index is 806. The fourth-order valence-corrected chi connectivity index (χ4v) is 2.40. The molecule has 21 heavy (non-hydrogen) atoms. The van der Waals surface area contributed by atoms with Crippen molar-refractivity contribution in [2.45, 2.75) is 13.8 Å². The number of aromatic nitrogens is 2. The van der Waals surface area contributed by atoms with Crippen molar-refractivity contribution >= 4 is 5.69 Å². The summed E-state index contributed by atoms with van der Waals surface area (Å²) in [6, 6.07) is 12.6. The molecule has 0 saturated carbocycles. The van der Waals surface area contributed by atoms with E-state index in [9.17, 15) is 4.39 Å². The van der Waals surface area contributed by atoms with Gasteiger partial charge in [-0.05, 0) is 43.7 Å². The molecule has 0 aliphatic carbocycles. The van der Waals surface area contributed by atoms with Crippen LogP contribution in [0.4, 0.5) is 10.1 Å². The second-order valence-electron chi connectivity index (χ2n) is 5.18. The summed E-state index contributed by atoms with van der Waals surface area (Å²) in [6.07, 6.45) is 1.76. The molecule has 0 aliphatic rings. The highest BCUT2D eigenvalue weighted by Crippen LogP contribution is 2.27. The molecule has 2 N–H and O–H groups in total. The summed E-state index contributed by atoms with van der Waals surface area (Å²) in [5.41, 5.74) is 11.2. The van der Waals surface area contributed by atoms with Crippen molar-refractivity contribution < 1.29 is 4.39 Å². The Morgan fingerprint density at radius 1 is 1.10 bits per heavy atom. The Kier molecular flexibility index (Phi) is 3.22. The lowest BCUT2D eigenvalue weighted by Crippen LogP contribution is -1.98. The summed E-state index contributed by atoms with van der Waals surface area (Å²) in [4.78, 5) is 0. The van der Waals surface area contributed by atoms with Gasteiger partial charge >= 0.3 is 0 Å². The lowest BCUT2D eigenvalue weighted by atomic mass is 10.1. The van der Waals surface area contributed by atoms with Crippen LogP contribution >= 0.6 is 0 Å². The van der Waals surface area contributed by atoms with Gasteiger partial charge in [-0.3, -0.25) is 0 Å². The minimum absolute atomic E-state index is 0.254. The quantitative estimate of drug-likeness (QED) is 0.774. The topological polar surface area (TPSA) is 43.8 Å². The number of halogens is 1. The lowest BCUT2D eigenvalue weighted by molar-refractivity contribution is 0.625. The van der Waals surface area contributed by atoms with Crippen molar-refractivity contribution in [3.05, 3.63) is 65.6 Å². The van der Waals surface area contributed by atoms with E-state index in [1.165, 1.54) is 12.1 Å². The molecule has 1 aromatic heterocycles. The normalized spacial score (nSPS) is 10.8. The number of nitrogens with two attached hydrogens (primary N) is 1. The third-order valence-corrected chi connectivity index (χ3v) is 3.44. The van der Waals surface area contributed by atoms with E-state index in [2.05, 4.69) is 5.10 Å². The van der Waals surface area contributed by atoms with Gasteiger partial charge in [-0.25, -0.2) is 9.07 Å². The first-order valence-electron chi connectivity index (χ1n) is 6.73. The Labute approximate surface area is 122 Å². The second kappa shape index (κ2) is 5.05. The summed E-state index contributed by atoms with van der Waals surface area (Å²) in [5.74, 6) is -0.254. The molecule has 0 fully saturated rings. The van der Waals surface area contributed by atoms with Crippen molar-refractivity contribution in [3.63, 3.8) is 0 Å². The zero-order chi connectivity index (χ0) is 15.0. The van der Waals surface area contributed by atoms with Gasteiger partial charge in [0.25, 0.3) is 0 Å². The van der Waals surface area contributed by atoms with E-state index >= 15 is 0 Å². The smallest absolute Gasteiger partial charge is 0.123 e. The van der Waals surface area contributed by atoms with E-state index < -0.39 is 0 Å². The van der Waals surface area contributed by atoms with E-state index in [0.29, 0.717) is 5.69 Å². The van der Waals surface area contributed by atoms with Crippen LogP contribution in [0.15, 0.2) is 48.7 Å². The fourth-order valence-electron chi connectivity index (χ4n) is 2.40. The standard InChI is InChI=1S/C17H16FN3/c1-11-4-3-5-13(8-11)17-15(19)10-21(20-17)16-7-6-14(18)9-12(16)2/h3-10H,19H2,1-2H3. The third-order valence-electron chi connectivity index (χ3n) is 3.44. The van der Waals surface area contributed by atoms with Crippen LogP contribution in [0.2, 0.25) is 0 Å². The number of nitrogens with zero attached hydrogens (tertiary/aromatic N) is 2. The highest BCUT2D eigenvalue weighted by Gasteiger charge is 2.11. The first-order chi connectivity index (χ1) is 10.0. The van der Waals surface area contributed by atoms with Crippen LogP contribution in [-0.2, 0) is 0 Å². The number of hydrogen-bond donors (Lipinski definition) is 1. The molecule has 4 heteroatoms. The van der Waals surface area contributed by atoms with Crippen LogP contribution in [0.5, 0.6) is 0 Å². The molecule has 0 atom stereocenters. The van der Waals surface area contributed by atoms with E-state index in [4.69, 9.17) is 5.73 Å². The molecule has 2 aromatic carbocycles. The van der Waals surface area contributed by atoms with Gasteiger partial charge in [0.2, 0.25) is 0 Å². The number of anilines is 1. The minimum atomic E-state index is -0.254. The van der Waals surface area contributed by atoms with Gasteiger partial charge in [0.1, 0.15) is 11.5 Å². The van der Waals surface area contributed by atoms with Crippen LogP contribution in [0, 0.1) is 19.7 Å². The average Bonchev–Trinajstić information content (AvgIpc) is 2.80. The minimum Gasteiger partial charge on any atom is -0.396 e. The molecule has 0 saturated heterocycles. The molecule has 0 unspecified atom stereocenters.